The maximum atomic E-state index is 12.4. The van der Waals surface area contributed by atoms with E-state index in [4.69, 9.17) is 18.9 Å². The van der Waals surface area contributed by atoms with Crippen LogP contribution in [0.25, 0.3) is 6.08 Å². The Morgan fingerprint density at radius 3 is 1.73 bits per heavy atom. The molecule has 0 radical (unpaired) electrons. The first kappa shape index (κ1) is 26.4. The molecule has 0 saturated carbocycles. The lowest BCUT2D eigenvalue weighted by atomic mass is 10.2. The van der Waals surface area contributed by atoms with E-state index in [-0.39, 0.29) is 17.1 Å². The van der Waals surface area contributed by atoms with Crippen molar-refractivity contribution in [2.45, 2.75) is 6.92 Å². The monoisotopic (exact) mass is 498 g/mol. The topological polar surface area (TPSA) is 105 Å². The molecule has 0 saturated heterocycles. The highest BCUT2D eigenvalue weighted by atomic mass is 16.5. The summed E-state index contributed by atoms with van der Waals surface area (Å²) in [6.07, 6.45) is 4.91. The predicted molar refractivity (Wildman–Crippen MR) is 135 cm³/mol. The van der Waals surface area contributed by atoms with Crippen molar-refractivity contribution in [3.63, 3.8) is 0 Å². The van der Waals surface area contributed by atoms with Crippen LogP contribution in [0.15, 0.2) is 98.1 Å². The van der Waals surface area contributed by atoms with Crippen molar-refractivity contribution in [1.29, 1.82) is 0 Å². The first-order valence-corrected chi connectivity index (χ1v) is 10.9. The summed E-state index contributed by atoms with van der Waals surface area (Å²) in [6, 6.07) is 17.0. The second-order valence-corrected chi connectivity index (χ2v) is 7.42. The fourth-order valence-electron chi connectivity index (χ4n) is 2.89. The molecule has 0 N–H and O–H groups in total. The standard InChI is InChI=1S/C29H22O8/c1-4-26(30)34-22-11-6-20(7-12-22)8-17-28(32)37-25-16-15-24(18-19(25)3)36-29(33)21-9-13-23(14-10-21)35-27(31)5-2/h4-18H,1-2H2,3H3/b17-8+. The van der Waals surface area contributed by atoms with Crippen LogP contribution in [0.4, 0.5) is 0 Å². The third-order valence-electron chi connectivity index (χ3n) is 4.72. The highest BCUT2D eigenvalue weighted by Gasteiger charge is 2.12. The van der Waals surface area contributed by atoms with Crippen LogP contribution in [0.1, 0.15) is 21.5 Å². The van der Waals surface area contributed by atoms with Gasteiger partial charge in [-0.25, -0.2) is 19.2 Å². The highest BCUT2D eigenvalue weighted by Crippen LogP contribution is 2.25. The molecule has 0 unspecified atom stereocenters. The Kier molecular flexibility index (Phi) is 8.88. The van der Waals surface area contributed by atoms with E-state index in [0.717, 1.165) is 12.2 Å². The minimum Gasteiger partial charge on any atom is -0.423 e. The van der Waals surface area contributed by atoms with Gasteiger partial charge in [0, 0.05) is 18.2 Å². The summed E-state index contributed by atoms with van der Waals surface area (Å²) >= 11 is 0. The molecule has 3 aromatic carbocycles. The van der Waals surface area contributed by atoms with Gasteiger partial charge >= 0.3 is 23.9 Å². The summed E-state index contributed by atoms with van der Waals surface area (Å²) < 4.78 is 20.7. The number of ether oxygens (including phenoxy) is 4. The quantitative estimate of drug-likeness (QED) is 0.230. The summed E-state index contributed by atoms with van der Waals surface area (Å²) in [5, 5.41) is 0. The minimum atomic E-state index is -0.612. The number of carbonyl (C=O) groups is 4. The van der Waals surface area contributed by atoms with E-state index >= 15 is 0 Å². The van der Waals surface area contributed by atoms with E-state index in [0.29, 0.717) is 22.6 Å². The van der Waals surface area contributed by atoms with Gasteiger partial charge in [0.15, 0.2) is 0 Å². The third-order valence-corrected chi connectivity index (χ3v) is 4.72. The van der Waals surface area contributed by atoms with E-state index in [1.165, 1.54) is 42.5 Å². The van der Waals surface area contributed by atoms with Gasteiger partial charge in [0.25, 0.3) is 0 Å². The van der Waals surface area contributed by atoms with E-state index in [9.17, 15) is 19.2 Å². The van der Waals surface area contributed by atoms with Crippen molar-refractivity contribution in [2.75, 3.05) is 0 Å². The largest absolute Gasteiger partial charge is 0.423 e. The molecular weight excluding hydrogens is 476 g/mol. The van der Waals surface area contributed by atoms with Crippen LogP contribution in [0.3, 0.4) is 0 Å². The van der Waals surface area contributed by atoms with Gasteiger partial charge in [-0.15, -0.1) is 0 Å². The first-order valence-electron chi connectivity index (χ1n) is 10.9. The summed E-state index contributed by atoms with van der Waals surface area (Å²) in [6.45, 7) is 8.35. The minimum absolute atomic E-state index is 0.253. The zero-order valence-electron chi connectivity index (χ0n) is 19.8. The average Bonchev–Trinajstić information content (AvgIpc) is 2.90. The Bertz CT molecular complexity index is 1370. The van der Waals surface area contributed by atoms with Crippen molar-refractivity contribution >= 4 is 30.0 Å². The fraction of sp³-hybridized carbons (Fsp3) is 0.0345. The Labute approximate surface area is 213 Å². The molecule has 0 aliphatic carbocycles. The van der Waals surface area contributed by atoms with Gasteiger partial charge < -0.3 is 18.9 Å². The highest BCUT2D eigenvalue weighted by molar-refractivity contribution is 5.92. The molecule has 37 heavy (non-hydrogen) atoms. The van der Waals surface area contributed by atoms with E-state index < -0.39 is 23.9 Å². The lowest BCUT2D eigenvalue weighted by Gasteiger charge is -2.09. The Hall–Kier alpha value is -5.24. The van der Waals surface area contributed by atoms with E-state index in [1.54, 1.807) is 43.3 Å². The van der Waals surface area contributed by atoms with E-state index in [2.05, 4.69) is 13.2 Å². The average molecular weight is 498 g/mol. The van der Waals surface area contributed by atoms with Crippen molar-refractivity contribution < 1.29 is 38.1 Å². The smallest absolute Gasteiger partial charge is 0.343 e. The molecule has 0 aliphatic heterocycles. The maximum Gasteiger partial charge on any atom is 0.343 e. The van der Waals surface area contributed by atoms with Gasteiger partial charge in [0.1, 0.15) is 23.0 Å². The van der Waals surface area contributed by atoms with Crippen LogP contribution >= 0.6 is 0 Å². The SMILES string of the molecule is C=CC(=O)Oc1ccc(/C=C/C(=O)Oc2ccc(OC(=O)c3ccc(OC(=O)C=C)cc3)cc2C)cc1. The van der Waals surface area contributed by atoms with Crippen LogP contribution < -0.4 is 18.9 Å². The van der Waals surface area contributed by atoms with Crippen molar-refractivity contribution in [3.8, 4) is 23.0 Å². The number of rotatable bonds is 9. The number of aryl methyl sites for hydroxylation is 1. The molecule has 0 bridgehead atoms. The lowest BCUT2D eigenvalue weighted by molar-refractivity contribution is -0.129. The molecule has 8 nitrogen and oxygen atoms in total. The number of hydrogen-bond acceptors (Lipinski definition) is 8. The molecule has 0 heterocycles. The van der Waals surface area contributed by atoms with Crippen molar-refractivity contribution in [1.82, 2.24) is 0 Å². The van der Waals surface area contributed by atoms with Crippen LogP contribution in [-0.4, -0.2) is 23.9 Å². The molecule has 0 atom stereocenters. The maximum absolute atomic E-state index is 12.4. The molecule has 3 aromatic rings. The Balaban J connectivity index is 1.56. The predicted octanol–water partition coefficient (Wildman–Crippen LogP) is 5.02. The zero-order valence-corrected chi connectivity index (χ0v) is 19.8. The number of hydrogen-bond donors (Lipinski definition) is 0. The molecule has 0 fully saturated rings. The Morgan fingerprint density at radius 1 is 0.649 bits per heavy atom. The number of carbonyl (C=O) groups excluding carboxylic acids is 4. The molecule has 3 rings (SSSR count). The summed E-state index contributed by atoms with van der Waals surface area (Å²) in [5.74, 6) is -1.21. The van der Waals surface area contributed by atoms with Gasteiger partial charge in [0.05, 0.1) is 5.56 Å². The second kappa shape index (κ2) is 12.5. The van der Waals surface area contributed by atoms with Gasteiger partial charge in [-0.1, -0.05) is 25.3 Å². The molecular formula is C29H22O8. The van der Waals surface area contributed by atoms with Crippen LogP contribution in [0, 0.1) is 6.92 Å². The number of benzene rings is 3. The zero-order chi connectivity index (χ0) is 26.8. The van der Waals surface area contributed by atoms with Crippen LogP contribution in [0.5, 0.6) is 23.0 Å². The van der Waals surface area contributed by atoms with Crippen LogP contribution in [0.2, 0.25) is 0 Å². The lowest BCUT2D eigenvalue weighted by Crippen LogP contribution is -2.09. The van der Waals surface area contributed by atoms with Gasteiger partial charge in [-0.05, 0) is 78.7 Å². The number of esters is 4. The molecule has 0 spiro atoms. The first-order chi connectivity index (χ1) is 17.8. The normalized spacial score (nSPS) is 10.3. The Morgan fingerprint density at radius 2 is 1.19 bits per heavy atom. The molecule has 0 amide bonds. The van der Waals surface area contributed by atoms with Crippen LogP contribution in [-0.2, 0) is 14.4 Å². The van der Waals surface area contributed by atoms with Gasteiger partial charge in [-0.2, -0.15) is 0 Å². The van der Waals surface area contributed by atoms with Gasteiger partial charge in [-0.3, -0.25) is 0 Å². The second-order valence-electron chi connectivity index (χ2n) is 7.42. The molecule has 0 aromatic heterocycles. The van der Waals surface area contributed by atoms with E-state index in [1.807, 2.05) is 0 Å². The molecule has 8 heteroatoms. The summed E-state index contributed by atoms with van der Waals surface area (Å²) in [4.78, 5) is 47.1. The molecule has 186 valence electrons. The summed E-state index contributed by atoms with van der Waals surface area (Å²) in [7, 11) is 0. The fourth-order valence-corrected chi connectivity index (χ4v) is 2.89. The van der Waals surface area contributed by atoms with Gasteiger partial charge in [0.2, 0.25) is 0 Å². The van der Waals surface area contributed by atoms with Crippen molar-refractivity contribution in [2.24, 2.45) is 0 Å². The van der Waals surface area contributed by atoms with Crippen molar-refractivity contribution in [3.05, 3.63) is 115 Å². The third kappa shape index (κ3) is 7.90. The molecule has 0 aliphatic rings. The summed E-state index contributed by atoms with van der Waals surface area (Å²) in [5.41, 5.74) is 1.52.